The van der Waals surface area contributed by atoms with Crippen LogP contribution in [0.5, 0.6) is 0 Å². The van der Waals surface area contributed by atoms with E-state index in [1.807, 2.05) is 20.8 Å². The number of piperidine rings is 1. The van der Waals surface area contributed by atoms with Gasteiger partial charge in [0.2, 0.25) is 0 Å². The number of nitrogens with one attached hydrogen (secondary N) is 1. The lowest BCUT2D eigenvalue weighted by atomic mass is 9.91. The molecule has 1 aliphatic rings. The summed E-state index contributed by atoms with van der Waals surface area (Å²) in [5, 5.41) is 2.75. The van der Waals surface area contributed by atoms with Gasteiger partial charge in [0, 0.05) is 13.1 Å². The molecule has 1 N–H and O–H groups in total. The summed E-state index contributed by atoms with van der Waals surface area (Å²) in [6.45, 7) is 12.2. The number of carbonyl (C=O) groups is 2. The maximum atomic E-state index is 12.1. The Labute approximate surface area is 132 Å². The molecule has 6 nitrogen and oxygen atoms in total. The van der Waals surface area contributed by atoms with Crippen molar-refractivity contribution in [1.29, 1.82) is 0 Å². The van der Waals surface area contributed by atoms with Crippen molar-refractivity contribution in [3.8, 4) is 0 Å². The van der Waals surface area contributed by atoms with E-state index >= 15 is 0 Å². The Kier molecular flexibility index (Phi) is 6.71. The number of rotatable bonds is 4. The van der Waals surface area contributed by atoms with E-state index in [4.69, 9.17) is 9.47 Å². The highest BCUT2D eigenvalue weighted by molar-refractivity contribution is 5.69. The molecule has 2 atom stereocenters. The average molecular weight is 312 g/mol. The van der Waals surface area contributed by atoms with E-state index in [2.05, 4.69) is 18.8 Å². The van der Waals surface area contributed by atoms with Crippen LogP contribution >= 0.6 is 0 Å². The van der Waals surface area contributed by atoms with Gasteiger partial charge < -0.3 is 19.7 Å². The van der Waals surface area contributed by atoms with E-state index < -0.39 is 11.7 Å². The SMILES string of the molecule is C=CCOC(=O)N1CCC[C@@H](C)[C@H]1CNC(=O)OC(C)(C)C. The molecule has 0 aromatic rings. The van der Waals surface area contributed by atoms with Gasteiger partial charge in [-0.25, -0.2) is 9.59 Å². The second kappa shape index (κ2) is 8.06. The Morgan fingerprint density at radius 1 is 1.41 bits per heavy atom. The molecule has 126 valence electrons. The number of amides is 2. The molecular formula is C16H28N2O4. The van der Waals surface area contributed by atoms with Crippen LogP contribution in [0.4, 0.5) is 9.59 Å². The van der Waals surface area contributed by atoms with Crippen LogP contribution in [0.1, 0.15) is 40.5 Å². The minimum atomic E-state index is -0.537. The molecule has 1 saturated heterocycles. The quantitative estimate of drug-likeness (QED) is 0.810. The van der Waals surface area contributed by atoms with Crippen LogP contribution in [0.2, 0.25) is 0 Å². The Balaban J connectivity index is 2.60. The molecular weight excluding hydrogens is 284 g/mol. The first-order valence-electron chi connectivity index (χ1n) is 7.75. The molecule has 1 fully saturated rings. The van der Waals surface area contributed by atoms with Gasteiger partial charge in [-0.05, 0) is 39.5 Å². The van der Waals surface area contributed by atoms with Gasteiger partial charge >= 0.3 is 12.2 Å². The van der Waals surface area contributed by atoms with Gasteiger partial charge in [0.05, 0.1) is 6.04 Å². The first kappa shape index (κ1) is 18.3. The summed E-state index contributed by atoms with van der Waals surface area (Å²) in [7, 11) is 0. The molecule has 0 radical (unpaired) electrons. The summed E-state index contributed by atoms with van der Waals surface area (Å²) in [6, 6.07) is -0.0846. The van der Waals surface area contributed by atoms with Crippen LogP contribution in [0, 0.1) is 5.92 Å². The lowest BCUT2D eigenvalue weighted by Crippen LogP contribution is -2.53. The zero-order chi connectivity index (χ0) is 16.8. The highest BCUT2D eigenvalue weighted by atomic mass is 16.6. The van der Waals surface area contributed by atoms with Crippen LogP contribution in [-0.4, -0.2) is 48.4 Å². The van der Waals surface area contributed by atoms with E-state index in [1.54, 1.807) is 11.0 Å². The van der Waals surface area contributed by atoms with E-state index in [0.717, 1.165) is 12.8 Å². The van der Waals surface area contributed by atoms with Gasteiger partial charge in [0.1, 0.15) is 12.2 Å². The zero-order valence-corrected chi connectivity index (χ0v) is 14.1. The Hall–Kier alpha value is -1.72. The van der Waals surface area contributed by atoms with Gasteiger partial charge in [0.25, 0.3) is 0 Å². The summed E-state index contributed by atoms with van der Waals surface area (Å²) < 4.78 is 10.3. The maximum absolute atomic E-state index is 12.1. The molecule has 1 heterocycles. The van der Waals surface area contributed by atoms with Crippen LogP contribution in [-0.2, 0) is 9.47 Å². The van der Waals surface area contributed by atoms with Crippen molar-refractivity contribution >= 4 is 12.2 Å². The highest BCUT2D eigenvalue weighted by Crippen LogP contribution is 2.23. The molecule has 0 unspecified atom stereocenters. The molecule has 2 amide bonds. The Bertz CT molecular complexity index is 403. The van der Waals surface area contributed by atoms with Crippen molar-refractivity contribution < 1.29 is 19.1 Å². The number of hydrogen-bond acceptors (Lipinski definition) is 4. The normalized spacial score (nSPS) is 21.9. The summed E-state index contributed by atoms with van der Waals surface area (Å²) in [5.41, 5.74) is -0.537. The minimum Gasteiger partial charge on any atom is -0.445 e. The molecule has 1 rings (SSSR count). The predicted molar refractivity (Wildman–Crippen MR) is 84.7 cm³/mol. The number of likely N-dealkylation sites (tertiary alicyclic amines) is 1. The van der Waals surface area contributed by atoms with Crippen molar-refractivity contribution in [1.82, 2.24) is 10.2 Å². The summed E-state index contributed by atoms with van der Waals surface area (Å²) in [6.07, 6.45) is 2.67. The number of hydrogen-bond donors (Lipinski definition) is 1. The molecule has 0 spiro atoms. The molecule has 6 heteroatoms. The molecule has 0 saturated carbocycles. The minimum absolute atomic E-state index is 0.0846. The summed E-state index contributed by atoms with van der Waals surface area (Å²) in [4.78, 5) is 25.6. The fourth-order valence-corrected chi connectivity index (χ4v) is 2.50. The van der Waals surface area contributed by atoms with Crippen molar-refractivity contribution in [3.63, 3.8) is 0 Å². The molecule has 0 bridgehead atoms. The topological polar surface area (TPSA) is 67.9 Å². The highest BCUT2D eigenvalue weighted by Gasteiger charge is 2.33. The van der Waals surface area contributed by atoms with Crippen LogP contribution < -0.4 is 5.32 Å². The fourth-order valence-electron chi connectivity index (χ4n) is 2.50. The molecule has 22 heavy (non-hydrogen) atoms. The standard InChI is InChI=1S/C16H28N2O4/c1-6-10-21-15(20)18-9-7-8-12(2)13(18)11-17-14(19)22-16(3,4)5/h6,12-13H,1,7-11H2,2-5H3,(H,17,19)/t12-,13-/m1/s1. The van der Waals surface area contributed by atoms with Crippen molar-refractivity contribution in [3.05, 3.63) is 12.7 Å². The first-order valence-corrected chi connectivity index (χ1v) is 7.75. The second-order valence-electron chi connectivity index (χ2n) is 6.63. The summed E-state index contributed by atoms with van der Waals surface area (Å²) >= 11 is 0. The monoisotopic (exact) mass is 312 g/mol. The molecule has 0 aliphatic carbocycles. The van der Waals surface area contributed by atoms with Gasteiger partial charge in [-0.2, -0.15) is 0 Å². The predicted octanol–water partition coefficient (Wildman–Crippen LogP) is 2.93. The lowest BCUT2D eigenvalue weighted by molar-refractivity contribution is 0.0425. The third-order valence-electron chi connectivity index (χ3n) is 3.53. The third kappa shape index (κ3) is 5.95. The van der Waals surface area contributed by atoms with E-state index in [9.17, 15) is 9.59 Å². The lowest BCUT2D eigenvalue weighted by Gasteiger charge is -2.39. The Morgan fingerprint density at radius 2 is 2.09 bits per heavy atom. The van der Waals surface area contributed by atoms with Crippen LogP contribution in [0.25, 0.3) is 0 Å². The molecule has 0 aromatic heterocycles. The number of alkyl carbamates (subject to hydrolysis) is 1. The molecule has 0 aromatic carbocycles. The van der Waals surface area contributed by atoms with E-state index in [0.29, 0.717) is 19.0 Å². The number of carbonyl (C=O) groups excluding carboxylic acids is 2. The number of ether oxygens (including phenoxy) is 2. The largest absolute Gasteiger partial charge is 0.445 e. The van der Waals surface area contributed by atoms with E-state index in [1.165, 1.54) is 0 Å². The fraction of sp³-hybridized carbons (Fsp3) is 0.750. The maximum Gasteiger partial charge on any atom is 0.410 e. The summed E-state index contributed by atoms with van der Waals surface area (Å²) in [5.74, 6) is 0.292. The first-order chi connectivity index (χ1) is 10.2. The van der Waals surface area contributed by atoms with Crippen molar-refractivity contribution in [2.24, 2.45) is 5.92 Å². The molecule has 1 aliphatic heterocycles. The van der Waals surface area contributed by atoms with Gasteiger partial charge in [-0.3, -0.25) is 0 Å². The average Bonchev–Trinajstić information content (AvgIpc) is 2.41. The van der Waals surface area contributed by atoms with Gasteiger partial charge in [-0.15, -0.1) is 0 Å². The third-order valence-corrected chi connectivity index (χ3v) is 3.53. The van der Waals surface area contributed by atoms with Crippen LogP contribution in [0.3, 0.4) is 0 Å². The smallest absolute Gasteiger partial charge is 0.410 e. The van der Waals surface area contributed by atoms with Gasteiger partial charge in [0.15, 0.2) is 0 Å². The zero-order valence-electron chi connectivity index (χ0n) is 14.1. The van der Waals surface area contributed by atoms with E-state index in [-0.39, 0.29) is 18.7 Å². The second-order valence-corrected chi connectivity index (χ2v) is 6.63. The van der Waals surface area contributed by atoms with Gasteiger partial charge in [-0.1, -0.05) is 19.6 Å². The number of nitrogens with zero attached hydrogens (tertiary/aromatic N) is 1. The van der Waals surface area contributed by atoms with Crippen molar-refractivity contribution in [2.45, 2.75) is 52.2 Å². The Morgan fingerprint density at radius 3 is 2.68 bits per heavy atom. The van der Waals surface area contributed by atoms with Crippen molar-refractivity contribution in [2.75, 3.05) is 19.7 Å². The van der Waals surface area contributed by atoms with Crippen LogP contribution in [0.15, 0.2) is 12.7 Å².